The lowest BCUT2D eigenvalue weighted by molar-refractivity contribution is -0.121. The van der Waals surface area contributed by atoms with Crippen molar-refractivity contribution >= 4 is 34.2 Å². The van der Waals surface area contributed by atoms with Crippen molar-refractivity contribution in [1.29, 1.82) is 0 Å². The number of aryl methyl sites for hydroxylation is 1. The summed E-state index contributed by atoms with van der Waals surface area (Å²) in [6.45, 7) is 3.26. The molecule has 0 unspecified atom stereocenters. The maximum atomic E-state index is 14.4. The Morgan fingerprint density at radius 1 is 1.40 bits per heavy atom. The molecule has 0 bridgehead atoms. The number of amides is 1. The Bertz CT molecular complexity index is 842. The summed E-state index contributed by atoms with van der Waals surface area (Å²) in [6.07, 6.45) is 2.74. The van der Waals surface area contributed by atoms with E-state index in [0.29, 0.717) is 46.6 Å². The van der Waals surface area contributed by atoms with Gasteiger partial charge in [-0.15, -0.1) is 0 Å². The predicted octanol–water partition coefficient (Wildman–Crippen LogP) is 3.35. The molecule has 0 aliphatic heterocycles. The molecular formula is C18H21ClFN3O2. The Balaban J connectivity index is 2.22. The van der Waals surface area contributed by atoms with Crippen molar-refractivity contribution in [3.05, 3.63) is 46.0 Å². The van der Waals surface area contributed by atoms with Gasteiger partial charge in [0, 0.05) is 28.0 Å². The minimum absolute atomic E-state index is 0.0917. The molecule has 4 N–H and O–H groups in total. The number of fused-ring (bicyclic) bond motifs is 1. The molecule has 0 aliphatic rings. The molecular weight excluding hydrogens is 345 g/mol. The molecule has 25 heavy (non-hydrogen) atoms. The molecule has 7 heteroatoms. The number of H-pyrrole nitrogens is 1. The van der Waals surface area contributed by atoms with Gasteiger partial charge < -0.3 is 16.0 Å². The van der Waals surface area contributed by atoms with E-state index in [4.69, 9.17) is 17.3 Å². The molecule has 0 spiro atoms. The number of rotatable bonds is 7. The van der Waals surface area contributed by atoms with Gasteiger partial charge in [0.1, 0.15) is 0 Å². The first-order valence-corrected chi connectivity index (χ1v) is 8.41. The van der Waals surface area contributed by atoms with Crippen molar-refractivity contribution in [2.24, 2.45) is 5.73 Å². The minimum atomic E-state index is -0.421. The van der Waals surface area contributed by atoms with Crippen LogP contribution in [0.4, 0.5) is 4.39 Å². The summed E-state index contributed by atoms with van der Waals surface area (Å²) in [5.41, 5.74) is 7.97. The first-order chi connectivity index (χ1) is 11.8. The summed E-state index contributed by atoms with van der Waals surface area (Å²) >= 11 is 6.25. The maximum Gasteiger partial charge on any atom is 0.220 e. The van der Waals surface area contributed by atoms with Crippen LogP contribution in [0, 0.1) is 5.82 Å². The van der Waals surface area contributed by atoms with Gasteiger partial charge in [0.15, 0.2) is 11.6 Å². The molecule has 5 nitrogen and oxygen atoms in total. The molecule has 134 valence electrons. The number of benzene rings is 1. The van der Waals surface area contributed by atoms with Gasteiger partial charge in [0.05, 0.1) is 12.2 Å². The summed E-state index contributed by atoms with van der Waals surface area (Å²) in [4.78, 5) is 25.3. The highest BCUT2D eigenvalue weighted by atomic mass is 35.5. The highest BCUT2D eigenvalue weighted by molar-refractivity contribution is 6.32. The van der Waals surface area contributed by atoms with E-state index in [1.807, 2.05) is 0 Å². The van der Waals surface area contributed by atoms with E-state index in [9.17, 15) is 14.0 Å². The number of nitrogens with one attached hydrogen (secondary N) is 2. The van der Waals surface area contributed by atoms with Crippen LogP contribution in [0.15, 0.2) is 23.9 Å². The molecule has 0 saturated heterocycles. The fraction of sp³-hybridized carbons (Fsp3) is 0.333. The lowest BCUT2D eigenvalue weighted by Gasteiger charge is -2.05. The van der Waals surface area contributed by atoms with E-state index >= 15 is 0 Å². The number of aromatic nitrogens is 1. The van der Waals surface area contributed by atoms with Crippen molar-refractivity contribution in [3.63, 3.8) is 0 Å². The van der Waals surface area contributed by atoms with Gasteiger partial charge in [-0.2, -0.15) is 0 Å². The monoisotopic (exact) mass is 365 g/mol. The summed E-state index contributed by atoms with van der Waals surface area (Å²) < 4.78 is 14.4. The fourth-order valence-electron chi connectivity index (χ4n) is 2.52. The number of halogens is 2. The Labute approximate surface area is 150 Å². The second kappa shape index (κ2) is 8.16. The van der Waals surface area contributed by atoms with Crippen molar-refractivity contribution < 1.29 is 14.0 Å². The zero-order valence-electron chi connectivity index (χ0n) is 14.2. The largest absolute Gasteiger partial charge is 0.402 e. The number of carbonyl (C=O) groups excluding carboxylic acids is 2. The van der Waals surface area contributed by atoms with Crippen LogP contribution < -0.4 is 11.1 Å². The van der Waals surface area contributed by atoms with Gasteiger partial charge in [0.2, 0.25) is 5.91 Å². The number of nitrogens with two attached hydrogens (primary N) is 1. The number of hydrogen-bond acceptors (Lipinski definition) is 3. The number of aromatic amines is 1. The molecule has 0 saturated carbocycles. The van der Waals surface area contributed by atoms with E-state index < -0.39 is 5.82 Å². The third-order valence-electron chi connectivity index (χ3n) is 3.83. The van der Waals surface area contributed by atoms with E-state index in [1.54, 1.807) is 19.1 Å². The topological polar surface area (TPSA) is 88.0 Å². The van der Waals surface area contributed by atoms with Crippen LogP contribution in [0.25, 0.3) is 10.9 Å². The van der Waals surface area contributed by atoms with Crippen LogP contribution in [0.3, 0.4) is 0 Å². The van der Waals surface area contributed by atoms with Crippen LogP contribution in [-0.4, -0.2) is 16.7 Å². The lowest BCUT2D eigenvalue weighted by Crippen LogP contribution is -2.22. The highest BCUT2D eigenvalue weighted by Gasteiger charge is 2.14. The van der Waals surface area contributed by atoms with Gasteiger partial charge in [-0.3, -0.25) is 9.59 Å². The fourth-order valence-corrected chi connectivity index (χ4v) is 2.78. The number of ketones is 1. The molecule has 0 radical (unpaired) electrons. The third kappa shape index (κ3) is 4.82. The van der Waals surface area contributed by atoms with Crippen molar-refractivity contribution in [3.8, 4) is 0 Å². The number of hydrogen-bond donors (Lipinski definition) is 3. The van der Waals surface area contributed by atoms with E-state index in [2.05, 4.69) is 10.3 Å². The normalized spacial score (nSPS) is 11.8. The van der Waals surface area contributed by atoms with Crippen LogP contribution in [0.5, 0.6) is 0 Å². The SMILES string of the molecule is CCC(=O)NCc1[nH]c2cc(CC/C(N)=C/C(C)=O)c(Cl)cc2c1F. The molecule has 0 atom stereocenters. The number of carbonyl (C=O) groups is 2. The van der Waals surface area contributed by atoms with E-state index in [0.717, 1.165) is 5.56 Å². The zero-order chi connectivity index (χ0) is 18.6. The van der Waals surface area contributed by atoms with Gasteiger partial charge in [-0.25, -0.2) is 4.39 Å². The Kier molecular flexibility index (Phi) is 6.20. The lowest BCUT2D eigenvalue weighted by atomic mass is 10.1. The average molecular weight is 366 g/mol. The molecule has 1 aromatic heterocycles. The third-order valence-corrected chi connectivity index (χ3v) is 4.18. The first-order valence-electron chi connectivity index (χ1n) is 8.03. The average Bonchev–Trinajstić information content (AvgIpc) is 2.85. The maximum absolute atomic E-state index is 14.4. The Hall–Kier alpha value is -2.34. The first kappa shape index (κ1) is 19.0. The molecule has 1 heterocycles. The Morgan fingerprint density at radius 3 is 2.76 bits per heavy atom. The summed E-state index contributed by atoms with van der Waals surface area (Å²) in [5.74, 6) is -0.676. The summed E-state index contributed by atoms with van der Waals surface area (Å²) in [5, 5.41) is 3.45. The highest BCUT2D eigenvalue weighted by Crippen LogP contribution is 2.28. The summed E-state index contributed by atoms with van der Waals surface area (Å²) in [7, 11) is 0. The molecule has 2 rings (SSSR count). The van der Waals surface area contributed by atoms with Crippen LogP contribution in [-0.2, 0) is 22.6 Å². The van der Waals surface area contributed by atoms with Gasteiger partial charge in [-0.05, 0) is 43.5 Å². The Morgan fingerprint density at radius 2 is 2.12 bits per heavy atom. The zero-order valence-corrected chi connectivity index (χ0v) is 15.0. The molecule has 0 fully saturated rings. The molecule has 0 aliphatic carbocycles. The number of allylic oxidation sites excluding steroid dienone is 2. The van der Waals surface area contributed by atoms with Crippen LogP contribution >= 0.6 is 11.6 Å². The van der Waals surface area contributed by atoms with Gasteiger partial charge in [0.25, 0.3) is 0 Å². The van der Waals surface area contributed by atoms with Gasteiger partial charge >= 0.3 is 0 Å². The smallest absolute Gasteiger partial charge is 0.220 e. The minimum Gasteiger partial charge on any atom is -0.402 e. The second-order valence-electron chi connectivity index (χ2n) is 5.87. The van der Waals surface area contributed by atoms with Crippen molar-refractivity contribution in [2.75, 3.05) is 0 Å². The van der Waals surface area contributed by atoms with E-state index in [-0.39, 0.29) is 18.2 Å². The van der Waals surface area contributed by atoms with Crippen LogP contribution in [0.2, 0.25) is 5.02 Å². The van der Waals surface area contributed by atoms with Gasteiger partial charge in [-0.1, -0.05) is 18.5 Å². The quantitative estimate of drug-likeness (QED) is 0.657. The predicted molar refractivity (Wildman–Crippen MR) is 96.7 cm³/mol. The van der Waals surface area contributed by atoms with E-state index in [1.165, 1.54) is 13.0 Å². The van der Waals surface area contributed by atoms with Crippen molar-refractivity contribution in [1.82, 2.24) is 10.3 Å². The molecule has 2 aromatic rings. The second-order valence-corrected chi connectivity index (χ2v) is 6.27. The molecule has 1 aromatic carbocycles. The summed E-state index contributed by atoms with van der Waals surface area (Å²) in [6, 6.07) is 3.33. The standard InChI is InChI=1S/C18H21ClFN3O2/c1-3-17(25)22-9-16-18(20)13-8-14(19)11(7-15(13)23-16)4-5-12(21)6-10(2)24/h6-8,23H,3-5,9,21H2,1-2H3,(H,22,25)/b12-6-. The molecule has 1 amide bonds. The van der Waals surface area contributed by atoms with Crippen LogP contribution in [0.1, 0.15) is 37.9 Å². The van der Waals surface area contributed by atoms with Crippen molar-refractivity contribution in [2.45, 2.75) is 39.7 Å².